The first-order chi connectivity index (χ1) is 9.69. The van der Waals surface area contributed by atoms with E-state index in [1.807, 2.05) is 6.92 Å². The van der Waals surface area contributed by atoms with Crippen molar-refractivity contribution in [2.45, 2.75) is 19.8 Å². The molecule has 2 N–H and O–H groups in total. The van der Waals surface area contributed by atoms with Crippen LogP contribution in [0.4, 0.5) is 20.7 Å². The molecule has 2 aromatic rings. The number of halogens is 2. The van der Waals surface area contributed by atoms with Crippen LogP contribution in [0.1, 0.15) is 13.3 Å². The van der Waals surface area contributed by atoms with Gasteiger partial charge < -0.3 is 10.6 Å². The predicted molar refractivity (Wildman–Crippen MR) is 68.0 cm³/mol. The highest BCUT2D eigenvalue weighted by Gasteiger charge is 2.10. The van der Waals surface area contributed by atoms with E-state index in [0.29, 0.717) is 12.5 Å². The third-order valence-corrected chi connectivity index (χ3v) is 2.19. The maximum absolute atomic E-state index is 12.2. The number of aromatic nitrogens is 6. The molecule has 0 saturated heterocycles. The Kier molecular flexibility index (Phi) is 4.69. The summed E-state index contributed by atoms with van der Waals surface area (Å²) in [5.41, 5.74) is 0. The molecule has 8 nitrogen and oxygen atoms in total. The Morgan fingerprint density at radius 2 is 1.95 bits per heavy atom. The summed E-state index contributed by atoms with van der Waals surface area (Å²) in [6.07, 6.45) is 1.13. The molecule has 2 rings (SSSR count). The average Bonchev–Trinajstić information content (AvgIpc) is 2.97. The number of rotatable bonds is 7. The molecule has 0 bridgehead atoms. The smallest absolute Gasteiger partial charge is 0.258 e. The minimum Gasteiger partial charge on any atom is -0.354 e. The van der Waals surface area contributed by atoms with Gasteiger partial charge in [-0.25, -0.2) is 13.8 Å². The minimum absolute atomic E-state index is 0.0596. The van der Waals surface area contributed by atoms with Crippen molar-refractivity contribution in [3.8, 4) is 5.95 Å². The van der Waals surface area contributed by atoms with Crippen molar-refractivity contribution < 1.29 is 8.78 Å². The number of anilines is 2. The summed E-state index contributed by atoms with van der Waals surface area (Å²) in [5.74, 6) is 0.557. The van der Waals surface area contributed by atoms with Gasteiger partial charge in [-0.15, -0.1) is 0 Å². The van der Waals surface area contributed by atoms with Gasteiger partial charge >= 0.3 is 0 Å². The summed E-state index contributed by atoms with van der Waals surface area (Å²) in [7, 11) is 0. The van der Waals surface area contributed by atoms with Crippen LogP contribution in [0, 0.1) is 0 Å². The molecular weight excluding hydrogens is 270 g/mol. The van der Waals surface area contributed by atoms with Crippen LogP contribution in [0.5, 0.6) is 0 Å². The second-order valence-electron chi connectivity index (χ2n) is 3.82. The predicted octanol–water partition coefficient (Wildman–Crippen LogP) is 0.951. The number of alkyl halides is 2. The lowest BCUT2D eigenvalue weighted by atomic mass is 10.5. The fraction of sp³-hybridized carbons (Fsp3) is 0.500. The van der Waals surface area contributed by atoms with E-state index >= 15 is 0 Å². The number of nitrogens with one attached hydrogen (secondary N) is 2. The Balaban J connectivity index is 2.24. The maximum Gasteiger partial charge on any atom is 0.258 e. The van der Waals surface area contributed by atoms with Crippen molar-refractivity contribution >= 4 is 11.9 Å². The van der Waals surface area contributed by atoms with Crippen molar-refractivity contribution in [3.63, 3.8) is 0 Å². The van der Waals surface area contributed by atoms with Crippen molar-refractivity contribution in [2.24, 2.45) is 0 Å². The molecule has 0 aliphatic rings. The van der Waals surface area contributed by atoms with Gasteiger partial charge in [0.1, 0.15) is 12.7 Å². The third kappa shape index (κ3) is 3.80. The lowest BCUT2D eigenvalue weighted by Crippen LogP contribution is -2.16. The van der Waals surface area contributed by atoms with Gasteiger partial charge in [0, 0.05) is 6.54 Å². The van der Waals surface area contributed by atoms with Crippen molar-refractivity contribution in [1.29, 1.82) is 0 Å². The standard InChI is InChI=1S/C10H14F2N8/c1-2-3-14-8-17-9(15-4-7(11)12)19-10(18-8)20-6-13-5-16-20/h5-7H,2-4H2,1H3,(H2,14,15,17,18,19). The second kappa shape index (κ2) is 6.68. The molecule has 10 heteroatoms. The Morgan fingerprint density at radius 3 is 2.55 bits per heavy atom. The summed E-state index contributed by atoms with van der Waals surface area (Å²) in [4.78, 5) is 15.9. The van der Waals surface area contributed by atoms with Gasteiger partial charge in [-0.05, 0) is 6.42 Å². The first-order valence-electron chi connectivity index (χ1n) is 6.06. The van der Waals surface area contributed by atoms with Crippen molar-refractivity contribution in [3.05, 3.63) is 12.7 Å². The van der Waals surface area contributed by atoms with Gasteiger partial charge in [0.05, 0.1) is 6.54 Å². The number of nitrogens with zero attached hydrogens (tertiary/aromatic N) is 6. The summed E-state index contributed by atoms with van der Waals surface area (Å²) >= 11 is 0. The van der Waals surface area contributed by atoms with Gasteiger partial charge in [0.2, 0.25) is 11.9 Å². The molecule has 0 saturated carbocycles. The quantitative estimate of drug-likeness (QED) is 0.781. The molecule has 2 heterocycles. The fourth-order valence-electron chi connectivity index (χ4n) is 1.34. The molecule has 0 unspecified atom stereocenters. The van der Waals surface area contributed by atoms with Gasteiger partial charge in [0.25, 0.3) is 12.4 Å². The van der Waals surface area contributed by atoms with Gasteiger partial charge in [-0.1, -0.05) is 6.92 Å². The molecule has 108 valence electrons. The topological polar surface area (TPSA) is 93.4 Å². The summed E-state index contributed by atoms with van der Waals surface area (Å²) in [6, 6.07) is 0. The SMILES string of the molecule is CCCNc1nc(NCC(F)F)nc(-n2cncn2)n1. The van der Waals surface area contributed by atoms with Crippen LogP contribution in [0.2, 0.25) is 0 Å². The zero-order valence-corrected chi connectivity index (χ0v) is 10.8. The van der Waals surface area contributed by atoms with Crippen LogP contribution in [-0.4, -0.2) is 49.2 Å². The Bertz CT molecular complexity index is 530. The second-order valence-corrected chi connectivity index (χ2v) is 3.82. The fourth-order valence-corrected chi connectivity index (χ4v) is 1.34. The van der Waals surface area contributed by atoms with E-state index in [-0.39, 0.29) is 11.9 Å². The van der Waals surface area contributed by atoms with Gasteiger partial charge in [-0.3, -0.25) is 0 Å². The van der Waals surface area contributed by atoms with Gasteiger partial charge in [-0.2, -0.15) is 24.7 Å². The Morgan fingerprint density at radius 1 is 1.20 bits per heavy atom. The van der Waals surface area contributed by atoms with E-state index in [1.54, 1.807) is 0 Å². The summed E-state index contributed by atoms with van der Waals surface area (Å²) in [5, 5.41) is 9.32. The maximum atomic E-state index is 12.2. The van der Waals surface area contributed by atoms with Gasteiger partial charge in [0.15, 0.2) is 0 Å². The van der Waals surface area contributed by atoms with Crippen molar-refractivity contribution in [2.75, 3.05) is 23.7 Å². The molecule has 0 amide bonds. The van der Waals surface area contributed by atoms with Crippen LogP contribution in [0.25, 0.3) is 5.95 Å². The molecular formula is C10H14F2N8. The molecule has 0 aliphatic carbocycles. The molecule has 0 radical (unpaired) electrons. The molecule has 0 spiro atoms. The van der Waals surface area contributed by atoms with E-state index in [1.165, 1.54) is 17.3 Å². The van der Waals surface area contributed by atoms with Crippen LogP contribution in [0.3, 0.4) is 0 Å². The Hall–Kier alpha value is -2.39. The monoisotopic (exact) mass is 284 g/mol. The molecule has 20 heavy (non-hydrogen) atoms. The highest BCUT2D eigenvalue weighted by molar-refractivity contribution is 5.37. The highest BCUT2D eigenvalue weighted by Crippen LogP contribution is 2.09. The van der Waals surface area contributed by atoms with E-state index in [9.17, 15) is 8.78 Å². The van der Waals surface area contributed by atoms with E-state index in [2.05, 4.69) is 35.7 Å². The lowest BCUT2D eigenvalue weighted by molar-refractivity contribution is 0.163. The van der Waals surface area contributed by atoms with Crippen molar-refractivity contribution in [1.82, 2.24) is 29.7 Å². The third-order valence-electron chi connectivity index (χ3n) is 2.19. The first-order valence-corrected chi connectivity index (χ1v) is 6.06. The zero-order chi connectivity index (χ0) is 14.4. The van der Waals surface area contributed by atoms with E-state index < -0.39 is 13.0 Å². The molecule has 2 aromatic heterocycles. The molecule has 0 aliphatic heterocycles. The highest BCUT2D eigenvalue weighted by atomic mass is 19.3. The van der Waals surface area contributed by atoms with Crippen LogP contribution >= 0.6 is 0 Å². The minimum atomic E-state index is -2.49. The average molecular weight is 284 g/mol. The zero-order valence-electron chi connectivity index (χ0n) is 10.8. The lowest BCUT2D eigenvalue weighted by Gasteiger charge is -2.09. The normalized spacial score (nSPS) is 10.8. The Labute approximate surface area is 113 Å². The van der Waals surface area contributed by atoms with E-state index in [0.717, 1.165) is 6.42 Å². The van der Waals surface area contributed by atoms with Crippen LogP contribution in [-0.2, 0) is 0 Å². The largest absolute Gasteiger partial charge is 0.354 e. The molecule has 0 fully saturated rings. The first kappa shape index (κ1) is 14.0. The number of hydrogen-bond donors (Lipinski definition) is 2. The molecule has 0 atom stereocenters. The number of hydrogen-bond acceptors (Lipinski definition) is 7. The van der Waals surface area contributed by atoms with E-state index in [4.69, 9.17) is 0 Å². The molecule has 0 aromatic carbocycles. The summed E-state index contributed by atoms with van der Waals surface area (Å²) < 4.78 is 25.8. The summed E-state index contributed by atoms with van der Waals surface area (Å²) in [6.45, 7) is 2.12. The van der Waals surface area contributed by atoms with Crippen LogP contribution < -0.4 is 10.6 Å². The van der Waals surface area contributed by atoms with Crippen LogP contribution in [0.15, 0.2) is 12.7 Å².